The summed E-state index contributed by atoms with van der Waals surface area (Å²) in [6.07, 6.45) is 1.48. The maximum Gasteiger partial charge on any atom is 0.404 e. The number of halogens is 3. The molecule has 0 saturated heterocycles. The van der Waals surface area contributed by atoms with Gasteiger partial charge >= 0.3 is 6.09 Å². The summed E-state index contributed by atoms with van der Waals surface area (Å²) in [5, 5.41) is 10.7. The first kappa shape index (κ1) is 18.7. The molecule has 140 valence electrons. The van der Waals surface area contributed by atoms with Gasteiger partial charge in [0, 0.05) is 19.0 Å². The molecule has 1 amide bonds. The predicted molar refractivity (Wildman–Crippen MR) is 94.4 cm³/mol. The molecule has 0 unspecified atom stereocenters. The van der Waals surface area contributed by atoms with Crippen LogP contribution in [-0.2, 0) is 6.42 Å². The Kier molecular flexibility index (Phi) is 5.31. The van der Waals surface area contributed by atoms with Gasteiger partial charge in [0.2, 0.25) is 0 Å². The fraction of sp³-hybridized carbons (Fsp3) is 0.176. The van der Waals surface area contributed by atoms with Gasteiger partial charge in [0.15, 0.2) is 0 Å². The molecular weight excluding hydrogens is 382 g/mol. The zero-order valence-corrected chi connectivity index (χ0v) is 14.5. The molecule has 2 aromatic heterocycles. The predicted octanol–water partition coefficient (Wildman–Crippen LogP) is 2.91. The molecule has 0 radical (unpaired) electrons. The van der Waals surface area contributed by atoms with Crippen LogP contribution >= 0.6 is 11.6 Å². The summed E-state index contributed by atoms with van der Waals surface area (Å²) >= 11 is 6.05. The number of carbonyl (C=O) groups is 1. The van der Waals surface area contributed by atoms with Gasteiger partial charge < -0.3 is 10.4 Å². The number of fused-ring (bicyclic) bond motifs is 1. The Morgan fingerprint density at radius 3 is 2.78 bits per heavy atom. The number of amides is 1. The van der Waals surface area contributed by atoms with Crippen molar-refractivity contribution in [1.29, 1.82) is 0 Å². The molecule has 0 aliphatic heterocycles. The number of carboxylic acid groups (broad SMARTS) is 1. The van der Waals surface area contributed by atoms with Crippen LogP contribution in [-0.4, -0.2) is 32.3 Å². The molecule has 0 aliphatic carbocycles. The molecule has 3 rings (SSSR count). The average Bonchev–Trinajstić information content (AvgIpc) is 2.61. The number of aromatic nitrogens is 3. The minimum Gasteiger partial charge on any atom is -0.465 e. The third kappa shape index (κ3) is 3.87. The lowest BCUT2D eigenvalue weighted by Crippen LogP contribution is -2.26. The van der Waals surface area contributed by atoms with Crippen LogP contribution in [0.15, 0.2) is 35.4 Å². The van der Waals surface area contributed by atoms with Crippen molar-refractivity contribution in [2.75, 3.05) is 6.54 Å². The number of hydrogen-bond acceptors (Lipinski definition) is 4. The molecular formula is C17H13ClF2N4O3. The Labute approximate surface area is 156 Å². The highest BCUT2D eigenvalue weighted by molar-refractivity contribution is 6.35. The SMILES string of the molecule is O=C(O)NCCCc1nc2c(F)ccc(Cl)c2c(=O)n1-c1cncc(F)c1. The third-order valence-electron chi connectivity index (χ3n) is 3.80. The lowest BCUT2D eigenvalue weighted by atomic mass is 10.2. The van der Waals surface area contributed by atoms with E-state index in [4.69, 9.17) is 16.7 Å². The molecule has 0 spiro atoms. The van der Waals surface area contributed by atoms with E-state index < -0.39 is 23.3 Å². The van der Waals surface area contributed by atoms with Crippen LogP contribution in [0.2, 0.25) is 5.02 Å². The van der Waals surface area contributed by atoms with Gasteiger partial charge in [-0.3, -0.25) is 14.3 Å². The molecule has 2 heterocycles. The number of nitrogens with zero attached hydrogens (tertiary/aromatic N) is 3. The first-order chi connectivity index (χ1) is 12.9. The van der Waals surface area contributed by atoms with E-state index in [0.717, 1.165) is 22.9 Å². The number of nitrogens with one attached hydrogen (secondary N) is 1. The van der Waals surface area contributed by atoms with Crippen molar-refractivity contribution in [1.82, 2.24) is 19.9 Å². The second-order valence-electron chi connectivity index (χ2n) is 5.62. The van der Waals surface area contributed by atoms with Crippen molar-refractivity contribution in [3.8, 4) is 5.69 Å². The topological polar surface area (TPSA) is 97.1 Å². The van der Waals surface area contributed by atoms with E-state index >= 15 is 0 Å². The third-order valence-corrected chi connectivity index (χ3v) is 4.11. The smallest absolute Gasteiger partial charge is 0.404 e. The van der Waals surface area contributed by atoms with Gasteiger partial charge in [0.05, 0.1) is 28.5 Å². The van der Waals surface area contributed by atoms with Crippen LogP contribution in [0.1, 0.15) is 12.2 Å². The quantitative estimate of drug-likeness (QED) is 0.648. The molecule has 0 bridgehead atoms. The standard InChI is InChI=1S/C17H13ClF2N4O3/c18-11-3-4-12(20)15-14(11)16(25)24(10-6-9(19)7-21-8-10)13(23-15)2-1-5-22-17(26)27/h3-4,6-8,22H,1-2,5H2,(H,26,27). The molecule has 0 saturated carbocycles. The maximum absolute atomic E-state index is 14.2. The van der Waals surface area contributed by atoms with E-state index in [1.54, 1.807) is 0 Å². The zero-order valence-electron chi connectivity index (χ0n) is 13.7. The van der Waals surface area contributed by atoms with Crippen LogP contribution in [0.5, 0.6) is 0 Å². The van der Waals surface area contributed by atoms with Crippen LogP contribution in [0.4, 0.5) is 13.6 Å². The highest BCUT2D eigenvalue weighted by Gasteiger charge is 2.18. The average molecular weight is 395 g/mol. The number of hydrogen-bond donors (Lipinski definition) is 2. The minimum atomic E-state index is -1.19. The van der Waals surface area contributed by atoms with Crippen LogP contribution in [0.3, 0.4) is 0 Å². The monoisotopic (exact) mass is 394 g/mol. The molecule has 7 nitrogen and oxygen atoms in total. The Bertz CT molecular complexity index is 1090. The van der Waals surface area contributed by atoms with Crippen molar-refractivity contribution < 1.29 is 18.7 Å². The fourth-order valence-corrected chi connectivity index (χ4v) is 2.89. The second kappa shape index (κ2) is 7.67. The highest BCUT2D eigenvalue weighted by Crippen LogP contribution is 2.23. The van der Waals surface area contributed by atoms with Crippen molar-refractivity contribution in [2.45, 2.75) is 12.8 Å². The molecule has 0 aliphatic rings. The number of pyridine rings is 1. The Morgan fingerprint density at radius 2 is 2.07 bits per heavy atom. The Balaban J connectivity index is 2.18. The summed E-state index contributed by atoms with van der Waals surface area (Å²) < 4.78 is 28.9. The normalized spacial score (nSPS) is 10.9. The first-order valence-corrected chi connectivity index (χ1v) is 8.23. The minimum absolute atomic E-state index is 0.0149. The van der Waals surface area contributed by atoms with E-state index in [2.05, 4.69) is 15.3 Å². The Hall–Kier alpha value is -3.07. The molecule has 1 aromatic carbocycles. The van der Waals surface area contributed by atoms with Gasteiger partial charge in [-0.1, -0.05) is 11.6 Å². The summed E-state index contributed by atoms with van der Waals surface area (Å²) in [6.45, 7) is 0.0999. The molecule has 27 heavy (non-hydrogen) atoms. The molecule has 10 heteroatoms. The molecule has 3 aromatic rings. The lowest BCUT2D eigenvalue weighted by molar-refractivity contribution is 0.194. The van der Waals surface area contributed by atoms with Gasteiger partial charge in [0.1, 0.15) is 23.0 Å². The van der Waals surface area contributed by atoms with E-state index in [9.17, 15) is 18.4 Å². The van der Waals surface area contributed by atoms with E-state index in [0.29, 0.717) is 0 Å². The number of aryl methyl sites for hydroxylation is 1. The van der Waals surface area contributed by atoms with Crippen molar-refractivity contribution in [3.05, 3.63) is 63.4 Å². The van der Waals surface area contributed by atoms with Crippen molar-refractivity contribution in [3.63, 3.8) is 0 Å². The molecule has 0 atom stereocenters. The van der Waals surface area contributed by atoms with Gasteiger partial charge in [-0.05, 0) is 18.6 Å². The van der Waals surface area contributed by atoms with E-state index in [1.807, 2.05) is 0 Å². The maximum atomic E-state index is 14.2. The van der Waals surface area contributed by atoms with Gasteiger partial charge in [-0.25, -0.2) is 18.6 Å². The van der Waals surface area contributed by atoms with Gasteiger partial charge in [-0.15, -0.1) is 0 Å². The molecule has 0 fully saturated rings. The highest BCUT2D eigenvalue weighted by atomic mass is 35.5. The summed E-state index contributed by atoms with van der Waals surface area (Å²) in [4.78, 5) is 31.5. The van der Waals surface area contributed by atoms with E-state index in [-0.39, 0.29) is 46.8 Å². The Morgan fingerprint density at radius 1 is 1.30 bits per heavy atom. The number of benzene rings is 1. The van der Waals surface area contributed by atoms with Crippen LogP contribution in [0.25, 0.3) is 16.6 Å². The van der Waals surface area contributed by atoms with Gasteiger partial charge in [-0.2, -0.15) is 0 Å². The second-order valence-corrected chi connectivity index (χ2v) is 6.03. The first-order valence-electron chi connectivity index (χ1n) is 7.86. The summed E-state index contributed by atoms with van der Waals surface area (Å²) in [6, 6.07) is 3.43. The summed E-state index contributed by atoms with van der Waals surface area (Å²) in [5.74, 6) is -1.25. The zero-order chi connectivity index (χ0) is 19.6. The largest absolute Gasteiger partial charge is 0.465 e. The number of rotatable bonds is 5. The van der Waals surface area contributed by atoms with Gasteiger partial charge in [0.25, 0.3) is 5.56 Å². The van der Waals surface area contributed by atoms with Crippen LogP contribution in [0, 0.1) is 11.6 Å². The fourth-order valence-electron chi connectivity index (χ4n) is 2.66. The van der Waals surface area contributed by atoms with Crippen molar-refractivity contribution in [2.24, 2.45) is 0 Å². The summed E-state index contributed by atoms with van der Waals surface area (Å²) in [5.41, 5.74) is -0.761. The lowest BCUT2D eigenvalue weighted by Gasteiger charge is -2.14. The molecule has 2 N–H and O–H groups in total. The summed E-state index contributed by atoms with van der Waals surface area (Å²) in [7, 11) is 0. The van der Waals surface area contributed by atoms with Crippen molar-refractivity contribution >= 4 is 28.6 Å². The van der Waals surface area contributed by atoms with E-state index in [1.165, 1.54) is 12.3 Å². The van der Waals surface area contributed by atoms with Crippen LogP contribution < -0.4 is 10.9 Å².